The van der Waals surface area contributed by atoms with E-state index in [1.807, 2.05) is 0 Å². The molecule has 1 aliphatic carbocycles. The highest BCUT2D eigenvalue weighted by molar-refractivity contribution is 7.46. The first-order valence-electron chi connectivity index (χ1n) is 14.0. The molecule has 0 radical (unpaired) electrons. The molecule has 1 atom stereocenters. The molecular weight excluding hydrogens is 656 g/mol. The van der Waals surface area contributed by atoms with Crippen molar-refractivity contribution in [2.24, 2.45) is 0 Å². The Labute approximate surface area is 261 Å². The van der Waals surface area contributed by atoms with Gasteiger partial charge in [-0.3, -0.25) is 4.52 Å². The fourth-order valence-corrected chi connectivity index (χ4v) is 5.23. The summed E-state index contributed by atoms with van der Waals surface area (Å²) in [6.45, 7) is -0.829. The molecule has 0 bridgehead atoms. The van der Waals surface area contributed by atoms with Gasteiger partial charge in [-0.25, -0.2) is 32.8 Å². The molecule has 3 aromatic rings. The van der Waals surface area contributed by atoms with Crippen molar-refractivity contribution in [1.29, 1.82) is 0 Å². The Bertz CT molecular complexity index is 1960. The maximum Gasteiger partial charge on any atom is 0.469 e. The van der Waals surface area contributed by atoms with Crippen LogP contribution < -0.4 is 0 Å². The Morgan fingerprint density at radius 3 is 2.53 bits per heavy atom. The van der Waals surface area contributed by atoms with Gasteiger partial charge in [0.05, 0.1) is 36.7 Å². The van der Waals surface area contributed by atoms with Gasteiger partial charge in [0.2, 0.25) is 6.04 Å². The molecule has 246 valence electrons. The SMILES string of the molecule is O=C(OCCCOP(=O)(O)O)C(c1cc(-c2ccc(C3CC3)cc2C(F)(F)F)no1)n1cc2nc(-c3cccc(F)c3F)nc-2cn1. The third-order valence-corrected chi connectivity index (χ3v) is 7.75. The Balaban J connectivity index is 1.35. The van der Waals surface area contributed by atoms with E-state index in [1.165, 1.54) is 30.6 Å². The Morgan fingerprint density at radius 2 is 1.81 bits per heavy atom. The number of hydrogen-bond donors (Lipinski definition) is 2. The smallest absolute Gasteiger partial charge is 0.464 e. The number of benzene rings is 2. The number of halogens is 5. The second-order valence-electron chi connectivity index (χ2n) is 10.6. The van der Waals surface area contributed by atoms with Crippen LogP contribution in [0.15, 0.2) is 59.4 Å². The zero-order valence-electron chi connectivity index (χ0n) is 23.9. The predicted molar refractivity (Wildman–Crippen MR) is 150 cm³/mol. The van der Waals surface area contributed by atoms with Crippen LogP contribution in [0.1, 0.15) is 48.1 Å². The summed E-state index contributed by atoms with van der Waals surface area (Å²) in [6, 6.07) is 6.96. The molecule has 0 amide bonds. The molecular formula is C29H23F5N5O7P. The molecule has 1 saturated carbocycles. The number of hydrogen-bond acceptors (Lipinski definition) is 9. The van der Waals surface area contributed by atoms with Crippen LogP contribution in [0.4, 0.5) is 22.0 Å². The molecule has 12 nitrogen and oxygen atoms in total. The summed E-state index contributed by atoms with van der Waals surface area (Å²) in [5, 5.41) is 7.96. The molecule has 2 N–H and O–H groups in total. The fraction of sp³-hybridized carbons (Fsp3) is 0.276. The molecule has 0 saturated heterocycles. The van der Waals surface area contributed by atoms with Gasteiger partial charge in [0.15, 0.2) is 23.2 Å². The predicted octanol–water partition coefficient (Wildman–Crippen LogP) is 5.91. The minimum Gasteiger partial charge on any atom is -0.464 e. The summed E-state index contributed by atoms with van der Waals surface area (Å²) in [5.41, 5.74) is -0.879. The number of alkyl halides is 3. The van der Waals surface area contributed by atoms with Crippen molar-refractivity contribution >= 4 is 13.8 Å². The molecule has 2 aliphatic heterocycles. The number of carbonyl (C=O) groups excluding carboxylic acids is 1. The lowest BCUT2D eigenvalue weighted by atomic mass is 9.98. The van der Waals surface area contributed by atoms with Gasteiger partial charge in [-0.1, -0.05) is 23.4 Å². The summed E-state index contributed by atoms with van der Waals surface area (Å²) in [4.78, 5) is 39.4. The Hall–Kier alpha value is -4.57. The van der Waals surface area contributed by atoms with Crippen molar-refractivity contribution in [3.05, 3.63) is 83.4 Å². The van der Waals surface area contributed by atoms with E-state index in [0.717, 1.165) is 35.7 Å². The lowest BCUT2D eigenvalue weighted by Crippen LogP contribution is -2.25. The number of esters is 1. The minimum absolute atomic E-state index is 0.0545. The van der Waals surface area contributed by atoms with Gasteiger partial charge in [0.25, 0.3) is 0 Å². The van der Waals surface area contributed by atoms with Crippen molar-refractivity contribution < 1.29 is 54.9 Å². The van der Waals surface area contributed by atoms with Crippen molar-refractivity contribution in [3.8, 4) is 34.0 Å². The number of phosphoric ester groups is 1. The van der Waals surface area contributed by atoms with E-state index in [4.69, 9.17) is 19.0 Å². The van der Waals surface area contributed by atoms with Crippen LogP contribution in [-0.4, -0.2) is 53.9 Å². The number of rotatable bonds is 11. The maximum absolute atomic E-state index is 14.4. The fourth-order valence-electron chi connectivity index (χ4n) is 4.86. The highest BCUT2D eigenvalue weighted by atomic mass is 31.2. The quantitative estimate of drug-likeness (QED) is 0.0739. The zero-order chi connectivity index (χ0) is 33.5. The summed E-state index contributed by atoms with van der Waals surface area (Å²) in [7, 11) is -4.76. The van der Waals surface area contributed by atoms with E-state index in [-0.39, 0.29) is 58.7 Å². The number of phosphoric acid groups is 1. The summed E-state index contributed by atoms with van der Waals surface area (Å²) in [5.74, 6) is -3.71. The third kappa shape index (κ3) is 7.22. The third-order valence-electron chi connectivity index (χ3n) is 7.23. The van der Waals surface area contributed by atoms with E-state index in [0.29, 0.717) is 5.56 Å². The van der Waals surface area contributed by atoms with E-state index in [9.17, 15) is 31.3 Å². The zero-order valence-corrected chi connectivity index (χ0v) is 24.8. The topological polar surface area (TPSA) is 163 Å². The maximum atomic E-state index is 14.4. The van der Waals surface area contributed by atoms with Crippen LogP contribution in [0, 0.1) is 11.6 Å². The number of aromatic nitrogens is 5. The first-order chi connectivity index (χ1) is 22.3. The summed E-state index contributed by atoms with van der Waals surface area (Å²) in [6.07, 6.45) is -0.862. The number of imidazole rings is 1. The van der Waals surface area contributed by atoms with E-state index < -0.39 is 49.8 Å². The molecule has 6 rings (SSSR count). The summed E-state index contributed by atoms with van der Waals surface area (Å²) < 4.78 is 97.4. The van der Waals surface area contributed by atoms with Gasteiger partial charge < -0.3 is 19.0 Å². The molecule has 3 aliphatic rings. The van der Waals surface area contributed by atoms with Crippen molar-refractivity contribution in [1.82, 2.24) is 24.9 Å². The van der Waals surface area contributed by atoms with Crippen molar-refractivity contribution in [2.75, 3.05) is 13.2 Å². The van der Waals surface area contributed by atoms with Crippen LogP contribution in [0.3, 0.4) is 0 Å². The molecule has 2 aromatic carbocycles. The van der Waals surface area contributed by atoms with Gasteiger partial charge in [0.1, 0.15) is 17.1 Å². The summed E-state index contributed by atoms with van der Waals surface area (Å²) >= 11 is 0. The molecule has 18 heteroatoms. The van der Waals surface area contributed by atoms with Gasteiger partial charge >= 0.3 is 20.0 Å². The van der Waals surface area contributed by atoms with Crippen LogP contribution in [0.2, 0.25) is 0 Å². The van der Waals surface area contributed by atoms with E-state index in [2.05, 4.69) is 24.7 Å². The van der Waals surface area contributed by atoms with E-state index in [1.54, 1.807) is 6.07 Å². The molecule has 1 unspecified atom stereocenters. The molecule has 1 aromatic heterocycles. The second-order valence-corrected chi connectivity index (χ2v) is 11.9. The van der Waals surface area contributed by atoms with Crippen molar-refractivity contribution in [3.63, 3.8) is 0 Å². The number of nitrogens with zero attached hydrogens (tertiary/aromatic N) is 5. The highest BCUT2D eigenvalue weighted by Crippen LogP contribution is 2.45. The molecule has 47 heavy (non-hydrogen) atoms. The number of fused-ring (bicyclic) bond motifs is 1. The molecule has 3 heterocycles. The highest BCUT2D eigenvalue weighted by Gasteiger charge is 2.37. The number of ether oxygens (including phenoxy) is 1. The van der Waals surface area contributed by atoms with Crippen LogP contribution >= 0.6 is 7.82 Å². The van der Waals surface area contributed by atoms with Gasteiger partial charge in [0, 0.05) is 18.1 Å². The molecule has 1 fully saturated rings. The normalized spacial score (nSPS) is 14.4. The monoisotopic (exact) mass is 679 g/mol. The minimum atomic E-state index is -4.76. The first kappa shape index (κ1) is 32.4. The molecule has 0 spiro atoms. The van der Waals surface area contributed by atoms with Crippen LogP contribution in [-0.2, 0) is 24.8 Å². The Kier molecular flexibility index (Phi) is 8.65. The van der Waals surface area contributed by atoms with Crippen LogP contribution in [0.25, 0.3) is 34.0 Å². The van der Waals surface area contributed by atoms with Crippen LogP contribution in [0.5, 0.6) is 0 Å². The first-order valence-corrected chi connectivity index (χ1v) is 15.5. The number of carbonyl (C=O) groups is 1. The standard InChI is InChI=1S/C29H23F5N5O7P/c30-20-4-1-3-18(25(20)31)27-36-22-13-35-39(14-23(22)37-27)26(28(40)44-9-2-10-45-47(41,42)43)24-12-21(38-46-24)17-8-7-16(15-5-6-15)11-19(17)29(32,33)34/h1,3-4,7-8,11-15,26H,2,5-6,9-10H2,(H2,41,42,43). The lowest BCUT2D eigenvalue weighted by Gasteiger charge is -2.16. The second kappa shape index (κ2) is 12.6. The van der Waals surface area contributed by atoms with Gasteiger partial charge in [-0.05, 0) is 42.5 Å². The van der Waals surface area contributed by atoms with Crippen molar-refractivity contribution in [2.45, 2.75) is 37.4 Å². The van der Waals surface area contributed by atoms with Gasteiger partial charge in [-0.2, -0.15) is 18.3 Å². The largest absolute Gasteiger partial charge is 0.469 e. The Morgan fingerprint density at radius 1 is 1.04 bits per heavy atom. The van der Waals surface area contributed by atoms with Gasteiger partial charge in [-0.15, -0.1) is 0 Å². The van der Waals surface area contributed by atoms with E-state index >= 15 is 0 Å². The lowest BCUT2D eigenvalue weighted by molar-refractivity contribution is -0.147. The average molecular weight is 679 g/mol. The average Bonchev–Trinajstić information content (AvgIpc) is 3.60.